The van der Waals surface area contributed by atoms with Gasteiger partial charge in [-0.05, 0) is 36.1 Å². The molecule has 0 saturated heterocycles. The van der Waals surface area contributed by atoms with Crippen molar-refractivity contribution in [1.82, 2.24) is 25.5 Å². The number of carbonyl (C=O) groups is 1. The number of hydrogen-bond acceptors (Lipinski definition) is 5. The van der Waals surface area contributed by atoms with Crippen LogP contribution in [-0.2, 0) is 17.9 Å². The molecule has 0 bridgehead atoms. The summed E-state index contributed by atoms with van der Waals surface area (Å²) in [6.07, 6.45) is 1.63. The lowest BCUT2D eigenvalue weighted by atomic mass is 9.90. The van der Waals surface area contributed by atoms with E-state index in [4.69, 9.17) is 5.73 Å². The minimum Gasteiger partial charge on any atom is -0.368 e. The fourth-order valence-corrected chi connectivity index (χ4v) is 2.09. The number of carbonyl (C=O) groups excluding carboxylic acids is 1. The molecule has 1 rings (SSSR count). The zero-order chi connectivity index (χ0) is 14.5. The van der Waals surface area contributed by atoms with Crippen molar-refractivity contribution in [3.05, 3.63) is 5.82 Å². The number of aromatic nitrogens is 4. The molecule has 0 fully saturated rings. The van der Waals surface area contributed by atoms with Crippen LogP contribution in [0.25, 0.3) is 0 Å². The Morgan fingerprint density at radius 1 is 1.53 bits per heavy atom. The summed E-state index contributed by atoms with van der Waals surface area (Å²) in [5, 5.41) is 14.7. The van der Waals surface area contributed by atoms with Crippen molar-refractivity contribution in [2.24, 2.45) is 11.7 Å². The lowest BCUT2D eigenvalue weighted by Crippen LogP contribution is -2.53. The molecule has 0 radical (unpaired) electrons. The van der Waals surface area contributed by atoms with Crippen molar-refractivity contribution >= 4 is 5.91 Å². The Labute approximate surface area is 113 Å². The summed E-state index contributed by atoms with van der Waals surface area (Å²) in [7, 11) is 0. The van der Waals surface area contributed by atoms with Crippen LogP contribution in [0.3, 0.4) is 0 Å². The third kappa shape index (κ3) is 4.27. The van der Waals surface area contributed by atoms with Crippen LogP contribution in [0.15, 0.2) is 0 Å². The van der Waals surface area contributed by atoms with Crippen molar-refractivity contribution in [2.45, 2.75) is 59.2 Å². The lowest BCUT2D eigenvalue weighted by Gasteiger charge is -2.29. The Balaban J connectivity index is 2.71. The molecule has 19 heavy (non-hydrogen) atoms. The molecule has 7 heteroatoms. The Hall–Kier alpha value is -1.50. The Morgan fingerprint density at radius 3 is 2.74 bits per heavy atom. The number of nitrogens with one attached hydrogen (secondary N) is 1. The Morgan fingerprint density at radius 2 is 2.21 bits per heavy atom. The van der Waals surface area contributed by atoms with Crippen molar-refractivity contribution < 1.29 is 4.79 Å². The van der Waals surface area contributed by atoms with Crippen LogP contribution in [-0.4, -0.2) is 31.7 Å². The number of aryl methyl sites for hydroxylation is 1. The molecule has 0 aliphatic heterocycles. The molecule has 1 aromatic heterocycles. The van der Waals surface area contributed by atoms with Crippen LogP contribution >= 0.6 is 0 Å². The van der Waals surface area contributed by atoms with Gasteiger partial charge >= 0.3 is 0 Å². The van der Waals surface area contributed by atoms with E-state index in [2.05, 4.69) is 41.6 Å². The molecular weight excluding hydrogens is 244 g/mol. The lowest BCUT2D eigenvalue weighted by molar-refractivity contribution is -0.124. The molecule has 108 valence electrons. The summed E-state index contributed by atoms with van der Waals surface area (Å²) in [5.74, 6) is 0.741. The average Bonchev–Trinajstić information content (AvgIpc) is 2.73. The van der Waals surface area contributed by atoms with Gasteiger partial charge in [-0.1, -0.05) is 20.8 Å². The van der Waals surface area contributed by atoms with E-state index in [9.17, 15) is 4.79 Å². The topological polar surface area (TPSA) is 98.7 Å². The maximum Gasteiger partial charge on any atom is 0.237 e. The second-order valence-electron chi connectivity index (χ2n) is 5.47. The molecular formula is C12H24N6O. The summed E-state index contributed by atoms with van der Waals surface area (Å²) < 4.78 is 1.74. The Bertz CT molecular complexity index is 416. The number of nitrogens with zero attached hydrogens (tertiary/aromatic N) is 4. The normalized spacial score (nSPS) is 14.6. The predicted octanol–water partition coefficient (Wildman–Crippen LogP) is 0.463. The zero-order valence-corrected chi connectivity index (χ0v) is 12.2. The maximum absolute atomic E-state index is 11.6. The van der Waals surface area contributed by atoms with Gasteiger partial charge in [0, 0.05) is 6.54 Å². The fraction of sp³-hybridized carbons (Fsp3) is 0.833. The van der Waals surface area contributed by atoms with Gasteiger partial charge in [-0.25, -0.2) is 4.68 Å². The van der Waals surface area contributed by atoms with Crippen molar-refractivity contribution in [3.63, 3.8) is 0 Å². The van der Waals surface area contributed by atoms with Crippen molar-refractivity contribution in [3.8, 4) is 0 Å². The number of hydrogen-bond donors (Lipinski definition) is 2. The summed E-state index contributed by atoms with van der Waals surface area (Å²) in [6, 6.07) is 0. The maximum atomic E-state index is 11.6. The molecule has 0 unspecified atom stereocenters. The highest BCUT2D eigenvalue weighted by atomic mass is 16.1. The molecule has 1 amide bonds. The van der Waals surface area contributed by atoms with Crippen molar-refractivity contribution in [1.29, 1.82) is 0 Å². The van der Waals surface area contributed by atoms with Gasteiger partial charge in [0.1, 0.15) is 0 Å². The third-order valence-electron chi connectivity index (χ3n) is 3.04. The van der Waals surface area contributed by atoms with Gasteiger partial charge in [-0.15, -0.1) is 5.10 Å². The fourth-order valence-electron chi connectivity index (χ4n) is 2.09. The highest BCUT2D eigenvalue weighted by molar-refractivity contribution is 5.84. The van der Waals surface area contributed by atoms with Gasteiger partial charge in [0.2, 0.25) is 5.91 Å². The molecule has 7 nitrogen and oxygen atoms in total. The van der Waals surface area contributed by atoms with E-state index in [0.29, 0.717) is 18.9 Å². The van der Waals surface area contributed by atoms with Gasteiger partial charge in [0.25, 0.3) is 0 Å². The first-order valence-electron chi connectivity index (χ1n) is 6.69. The third-order valence-corrected chi connectivity index (χ3v) is 3.04. The van der Waals surface area contributed by atoms with E-state index >= 15 is 0 Å². The number of tetrazole rings is 1. The van der Waals surface area contributed by atoms with E-state index in [0.717, 1.165) is 18.8 Å². The van der Waals surface area contributed by atoms with Crippen molar-refractivity contribution in [2.75, 3.05) is 0 Å². The van der Waals surface area contributed by atoms with Gasteiger partial charge in [0.15, 0.2) is 5.82 Å². The molecule has 0 aromatic carbocycles. The van der Waals surface area contributed by atoms with Crippen LogP contribution in [0.4, 0.5) is 0 Å². The summed E-state index contributed by atoms with van der Waals surface area (Å²) >= 11 is 0. The van der Waals surface area contributed by atoms with Crippen LogP contribution < -0.4 is 11.1 Å². The van der Waals surface area contributed by atoms with Crippen LogP contribution in [0.2, 0.25) is 0 Å². The van der Waals surface area contributed by atoms with Gasteiger partial charge in [-0.2, -0.15) is 0 Å². The smallest absolute Gasteiger partial charge is 0.237 e. The quantitative estimate of drug-likeness (QED) is 0.713. The van der Waals surface area contributed by atoms with E-state index in [-0.39, 0.29) is 5.91 Å². The number of nitrogens with two attached hydrogens (primary N) is 1. The molecule has 1 aromatic rings. The number of amides is 1. The largest absolute Gasteiger partial charge is 0.368 e. The molecule has 0 aliphatic rings. The molecule has 3 N–H and O–H groups in total. The first-order chi connectivity index (χ1) is 8.89. The second-order valence-corrected chi connectivity index (χ2v) is 5.47. The minimum atomic E-state index is -0.739. The van der Waals surface area contributed by atoms with E-state index < -0.39 is 5.54 Å². The molecule has 0 spiro atoms. The monoisotopic (exact) mass is 268 g/mol. The minimum absolute atomic E-state index is 0.351. The summed E-state index contributed by atoms with van der Waals surface area (Å²) in [4.78, 5) is 11.6. The standard InChI is InChI=1S/C12H24N6O/c1-5-6-18-10(15-16-17-18)8-14-12(4,11(13)19)7-9(2)3/h9,14H,5-8H2,1-4H3,(H2,13,19)/t12-/m1/s1. The number of primary amides is 1. The molecule has 0 aliphatic carbocycles. The zero-order valence-electron chi connectivity index (χ0n) is 12.2. The second kappa shape index (κ2) is 6.60. The van der Waals surface area contributed by atoms with Crippen LogP contribution in [0.5, 0.6) is 0 Å². The Kier molecular flexibility index (Phi) is 5.41. The van der Waals surface area contributed by atoms with Crippen LogP contribution in [0, 0.1) is 5.92 Å². The van der Waals surface area contributed by atoms with Gasteiger partial charge < -0.3 is 5.73 Å². The summed E-state index contributed by atoms with van der Waals surface area (Å²) in [6.45, 7) is 9.20. The summed E-state index contributed by atoms with van der Waals surface area (Å²) in [5.41, 5.74) is 4.76. The average molecular weight is 268 g/mol. The predicted molar refractivity (Wildman–Crippen MR) is 72.0 cm³/mol. The molecule has 1 atom stereocenters. The van der Waals surface area contributed by atoms with Gasteiger partial charge in [-0.3, -0.25) is 10.1 Å². The van der Waals surface area contributed by atoms with Gasteiger partial charge in [0.05, 0.1) is 12.1 Å². The first-order valence-corrected chi connectivity index (χ1v) is 6.69. The molecule has 0 saturated carbocycles. The van der Waals surface area contributed by atoms with Crippen LogP contribution in [0.1, 0.15) is 46.4 Å². The highest BCUT2D eigenvalue weighted by Crippen LogP contribution is 2.16. The van der Waals surface area contributed by atoms with E-state index in [1.54, 1.807) is 4.68 Å². The van der Waals surface area contributed by atoms with E-state index in [1.807, 2.05) is 6.92 Å². The highest BCUT2D eigenvalue weighted by Gasteiger charge is 2.31. The SMILES string of the molecule is CCCn1nnnc1CN[C@](C)(CC(C)C)C(N)=O. The van der Waals surface area contributed by atoms with E-state index in [1.165, 1.54) is 0 Å². The molecule has 1 heterocycles. The number of rotatable bonds is 8. The first kappa shape index (κ1) is 15.6.